The first-order valence-corrected chi connectivity index (χ1v) is 6.33. The van der Waals surface area contributed by atoms with E-state index in [0.717, 1.165) is 12.8 Å². The van der Waals surface area contributed by atoms with Crippen LogP contribution in [0.4, 0.5) is 5.69 Å². The fourth-order valence-electron chi connectivity index (χ4n) is 1.83. The number of nitrogens with zero attached hydrogens (tertiary/aromatic N) is 2. The molecule has 1 aromatic rings. The van der Waals surface area contributed by atoms with Crippen LogP contribution in [0.15, 0.2) is 11.0 Å². The number of hydrogen-bond donors (Lipinski definition) is 1. The number of hydrogen-bond acceptors (Lipinski definition) is 3. The van der Waals surface area contributed by atoms with Crippen molar-refractivity contribution in [2.24, 2.45) is 0 Å². The van der Waals surface area contributed by atoms with Crippen LogP contribution in [0.3, 0.4) is 0 Å². The molecule has 1 N–H and O–H groups in total. The summed E-state index contributed by atoms with van der Waals surface area (Å²) in [5, 5.41) is 7.54. The Bertz CT molecular complexity index is 440. The highest BCUT2D eigenvalue weighted by Crippen LogP contribution is 2.23. The number of nitrogens with one attached hydrogen (secondary N) is 1. The van der Waals surface area contributed by atoms with E-state index >= 15 is 0 Å². The molecule has 0 aliphatic heterocycles. The van der Waals surface area contributed by atoms with Gasteiger partial charge < -0.3 is 5.32 Å². The molecule has 0 spiro atoms. The van der Waals surface area contributed by atoms with Crippen molar-refractivity contribution >= 4 is 17.3 Å². The molecule has 0 saturated heterocycles. The third-order valence-corrected chi connectivity index (χ3v) is 3.00. The molecule has 0 aliphatic rings. The summed E-state index contributed by atoms with van der Waals surface area (Å²) in [5.41, 5.74) is 0.275. The second-order valence-corrected chi connectivity index (χ2v) is 5.13. The van der Waals surface area contributed by atoms with Crippen LogP contribution in [0.5, 0.6) is 0 Å². The Hall–Kier alpha value is -1.03. The summed E-state index contributed by atoms with van der Waals surface area (Å²) in [6.07, 6.45) is 3.68. The SMILES string of the molecule is CCCC(C)(C)Nc1cnn(CC)c(=O)c1Cl. The molecule has 5 heteroatoms. The van der Waals surface area contributed by atoms with Gasteiger partial charge in [-0.15, -0.1) is 0 Å². The Morgan fingerprint density at radius 2 is 2.12 bits per heavy atom. The maximum absolute atomic E-state index is 11.8. The second kappa shape index (κ2) is 5.54. The van der Waals surface area contributed by atoms with Crippen LogP contribution in [0.25, 0.3) is 0 Å². The van der Waals surface area contributed by atoms with Gasteiger partial charge in [0.05, 0.1) is 11.9 Å². The van der Waals surface area contributed by atoms with Crippen molar-refractivity contribution in [2.75, 3.05) is 5.32 Å². The summed E-state index contributed by atoms with van der Waals surface area (Å²) >= 11 is 6.05. The number of rotatable bonds is 5. The predicted octanol–water partition coefficient (Wildman–Crippen LogP) is 2.91. The topological polar surface area (TPSA) is 46.9 Å². The monoisotopic (exact) mass is 257 g/mol. The van der Waals surface area contributed by atoms with E-state index in [1.54, 1.807) is 6.20 Å². The zero-order valence-electron chi connectivity index (χ0n) is 10.9. The predicted molar refractivity (Wildman–Crippen MR) is 71.8 cm³/mol. The molecule has 0 radical (unpaired) electrons. The number of aryl methyl sites for hydroxylation is 1. The van der Waals surface area contributed by atoms with Crippen LogP contribution in [0.2, 0.25) is 5.02 Å². The average Bonchev–Trinajstić information content (AvgIpc) is 2.25. The summed E-state index contributed by atoms with van der Waals surface area (Å²) < 4.78 is 1.35. The smallest absolute Gasteiger partial charge is 0.287 e. The third kappa shape index (κ3) is 3.46. The van der Waals surface area contributed by atoms with Crippen LogP contribution in [-0.2, 0) is 6.54 Å². The minimum atomic E-state index is -0.244. The molecule has 0 unspecified atom stereocenters. The molecule has 1 heterocycles. The lowest BCUT2D eigenvalue weighted by molar-refractivity contribution is 0.509. The Morgan fingerprint density at radius 3 is 2.65 bits per heavy atom. The van der Waals surface area contributed by atoms with Gasteiger partial charge in [0.15, 0.2) is 0 Å². The number of anilines is 1. The molecule has 0 amide bonds. The third-order valence-electron chi connectivity index (χ3n) is 2.63. The van der Waals surface area contributed by atoms with Gasteiger partial charge in [-0.3, -0.25) is 4.79 Å². The van der Waals surface area contributed by atoms with Crippen LogP contribution < -0.4 is 10.9 Å². The van der Waals surface area contributed by atoms with E-state index in [1.807, 2.05) is 6.92 Å². The van der Waals surface area contributed by atoms with E-state index in [9.17, 15) is 4.79 Å². The highest BCUT2D eigenvalue weighted by molar-refractivity contribution is 6.32. The fraction of sp³-hybridized carbons (Fsp3) is 0.667. The molecule has 1 rings (SSSR count). The fourth-order valence-corrected chi connectivity index (χ4v) is 2.02. The average molecular weight is 258 g/mol. The maximum Gasteiger partial charge on any atom is 0.287 e. The van der Waals surface area contributed by atoms with Crippen molar-refractivity contribution in [2.45, 2.75) is 52.6 Å². The normalized spacial score (nSPS) is 11.6. The van der Waals surface area contributed by atoms with Crippen LogP contribution in [0.1, 0.15) is 40.5 Å². The standard InChI is InChI=1S/C12H20ClN3O/c1-5-7-12(3,4)15-9-8-14-16(6-2)11(17)10(9)13/h8,15H,5-7H2,1-4H3. The molecule has 0 bridgehead atoms. The van der Waals surface area contributed by atoms with Crippen molar-refractivity contribution < 1.29 is 0 Å². The first kappa shape index (κ1) is 14.0. The maximum atomic E-state index is 11.8. The second-order valence-electron chi connectivity index (χ2n) is 4.75. The van der Waals surface area contributed by atoms with Gasteiger partial charge in [0.1, 0.15) is 5.02 Å². The van der Waals surface area contributed by atoms with E-state index in [2.05, 4.69) is 31.2 Å². The molecule has 0 aromatic carbocycles. The first-order chi connectivity index (χ1) is 7.91. The van der Waals surface area contributed by atoms with Crippen LogP contribution in [-0.4, -0.2) is 15.3 Å². The lowest BCUT2D eigenvalue weighted by Crippen LogP contribution is -2.32. The minimum absolute atomic E-state index is 0.0924. The van der Waals surface area contributed by atoms with E-state index in [1.165, 1.54) is 4.68 Å². The highest BCUT2D eigenvalue weighted by atomic mass is 35.5. The molecular weight excluding hydrogens is 238 g/mol. The summed E-state index contributed by atoms with van der Waals surface area (Å²) in [5.74, 6) is 0. The molecule has 17 heavy (non-hydrogen) atoms. The van der Waals surface area contributed by atoms with Gasteiger partial charge >= 0.3 is 0 Å². The zero-order chi connectivity index (χ0) is 13.1. The largest absolute Gasteiger partial charge is 0.377 e. The van der Waals surface area contributed by atoms with Crippen molar-refractivity contribution in [1.82, 2.24) is 9.78 Å². The van der Waals surface area contributed by atoms with E-state index in [0.29, 0.717) is 12.2 Å². The summed E-state index contributed by atoms with van der Waals surface area (Å²) in [7, 11) is 0. The van der Waals surface area contributed by atoms with Gasteiger partial charge in [-0.25, -0.2) is 4.68 Å². The molecule has 0 saturated carbocycles. The summed E-state index contributed by atoms with van der Waals surface area (Å²) in [6, 6.07) is 0. The lowest BCUT2D eigenvalue weighted by Gasteiger charge is -2.27. The van der Waals surface area contributed by atoms with Crippen molar-refractivity contribution in [3.63, 3.8) is 0 Å². The first-order valence-electron chi connectivity index (χ1n) is 5.95. The Labute approximate surface area is 107 Å². The van der Waals surface area contributed by atoms with Crippen molar-refractivity contribution in [1.29, 1.82) is 0 Å². The Balaban J connectivity index is 3.01. The summed E-state index contributed by atoms with van der Waals surface area (Å²) in [4.78, 5) is 11.8. The van der Waals surface area contributed by atoms with Crippen molar-refractivity contribution in [3.05, 3.63) is 21.6 Å². The Kier molecular flexibility index (Phi) is 4.57. The van der Waals surface area contributed by atoms with E-state index in [4.69, 9.17) is 11.6 Å². The molecule has 1 aromatic heterocycles. The van der Waals surface area contributed by atoms with Gasteiger partial charge in [-0.2, -0.15) is 5.10 Å². The number of halogens is 1. The van der Waals surface area contributed by atoms with Crippen molar-refractivity contribution in [3.8, 4) is 0 Å². The molecule has 4 nitrogen and oxygen atoms in total. The van der Waals surface area contributed by atoms with Gasteiger partial charge in [0, 0.05) is 12.1 Å². The minimum Gasteiger partial charge on any atom is -0.377 e. The lowest BCUT2D eigenvalue weighted by atomic mass is 9.99. The molecular formula is C12H20ClN3O. The van der Waals surface area contributed by atoms with E-state index < -0.39 is 0 Å². The van der Waals surface area contributed by atoms with Gasteiger partial charge in [-0.05, 0) is 27.2 Å². The molecule has 0 atom stereocenters. The quantitative estimate of drug-likeness (QED) is 0.882. The molecule has 0 aliphatic carbocycles. The van der Waals surface area contributed by atoms with Gasteiger partial charge in [-0.1, -0.05) is 24.9 Å². The number of aromatic nitrogens is 2. The molecule has 0 fully saturated rings. The summed E-state index contributed by atoms with van der Waals surface area (Å²) in [6.45, 7) is 8.67. The van der Waals surface area contributed by atoms with Crippen LogP contribution in [0, 0.1) is 0 Å². The zero-order valence-corrected chi connectivity index (χ0v) is 11.6. The van der Waals surface area contributed by atoms with Crippen LogP contribution >= 0.6 is 11.6 Å². The van der Waals surface area contributed by atoms with Gasteiger partial charge in [0.2, 0.25) is 0 Å². The van der Waals surface area contributed by atoms with Gasteiger partial charge in [0.25, 0.3) is 5.56 Å². The highest BCUT2D eigenvalue weighted by Gasteiger charge is 2.19. The molecule has 96 valence electrons. The Morgan fingerprint density at radius 1 is 1.47 bits per heavy atom. The van der Waals surface area contributed by atoms with E-state index in [-0.39, 0.29) is 16.1 Å².